The van der Waals surface area contributed by atoms with Crippen molar-refractivity contribution in [3.8, 4) is 0 Å². The molecule has 0 aromatic rings. The molecule has 0 spiro atoms. The largest absolute Gasteiger partial charge is 0.481 e. The summed E-state index contributed by atoms with van der Waals surface area (Å²) >= 11 is 0. The molecule has 0 unspecified atom stereocenters. The van der Waals surface area contributed by atoms with Gasteiger partial charge in [0.2, 0.25) is 0 Å². The van der Waals surface area contributed by atoms with Crippen molar-refractivity contribution in [1.29, 1.82) is 0 Å². The van der Waals surface area contributed by atoms with Gasteiger partial charge in [0.05, 0.1) is 6.42 Å². The monoisotopic (exact) mass is 187 g/mol. The van der Waals surface area contributed by atoms with Gasteiger partial charge in [0.15, 0.2) is 0 Å². The van der Waals surface area contributed by atoms with Crippen molar-refractivity contribution < 1.29 is 9.90 Å². The molecule has 3 heteroatoms. The van der Waals surface area contributed by atoms with Crippen molar-refractivity contribution in [3.05, 3.63) is 0 Å². The molecule has 0 rings (SSSR count). The molecule has 0 aliphatic rings. The third kappa shape index (κ3) is 7.78. The lowest BCUT2D eigenvalue weighted by Crippen LogP contribution is -2.33. The molecule has 0 saturated heterocycles. The third-order valence-corrected chi connectivity index (χ3v) is 1.79. The molecule has 0 aromatic heterocycles. The summed E-state index contributed by atoms with van der Waals surface area (Å²) in [6.07, 6.45) is 0.220. The molecule has 13 heavy (non-hydrogen) atoms. The maximum absolute atomic E-state index is 10.5. The van der Waals surface area contributed by atoms with E-state index in [1.807, 2.05) is 13.8 Å². The van der Waals surface area contributed by atoms with Gasteiger partial charge in [-0.15, -0.1) is 0 Å². The highest BCUT2D eigenvalue weighted by molar-refractivity contribution is 5.67. The molecule has 2 N–H and O–H groups in total. The Labute approximate surface area is 80.5 Å². The van der Waals surface area contributed by atoms with E-state index in [1.165, 1.54) is 0 Å². The fourth-order valence-electron chi connectivity index (χ4n) is 1.17. The van der Waals surface area contributed by atoms with Gasteiger partial charge in [-0.25, -0.2) is 0 Å². The summed E-state index contributed by atoms with van der Waals surface area (Å²) in [5.41, 5.74) is -0.152. The van der Waals surface area contributed by atoms with E-state index in [1.54, 1.807) is 0 Å². The van der Waals surface area contributed by atoms with Crippen molar-refractivity contribution in [1.82, 2.24) is 5.32 Å². The minimum absolute atomic E-state index is 0.152. The molecule has 0 saturated carbocycles. The zero-order chi connectivity index (χ0) is 10.5. The van der Waals surface area contributed by atoms with Crippen LogP contribution in [0.3, 0.4) is 0 Å². The minimum Gasteiger partial charge on any atom is -0.481 e. The summed E-state index contributed by atoms with van der Waals surface area (Å²) in [6, 6.07) is 0. The van der Waals surface area contributed by atoms with E-state index in [0.29, 0.717) is 5.92 Å². The Hall–Kier alpha value is -0.570. The van der Waals surface area contributed by atoms with E-state index in [9.17, 15) is 4.79 Å². The molecule has 78 valence electrons. The van der Waals surface area contributed by atoms with Crippen LogP contribution in [0.5, 0.6) is 0 Å². The molecule has 0 aliphatic heterocycles. The summed E-state index contributed by atoms with van der Waals surface area (Å²) in [4.78, 5) is 10.5. The Morgan fingerprint density at radius 2 is 2.00 bits per heavy atom. The summed E-state index contributed by atoms with van der Waals surface area (Å²) in [5.74, 6) is -0.114. The topological polar surface area (TPSA) is 49.3 Å². The summed E-state index contributed by atoms with van der Waals surface area (Å²) in [5, 5.41) is 11.9. The van der Waals surface area contributed by atoms with Crippen LogP contribution in [-0.2, 0) is 4.79 Å². The smallest absolute Gasteiger partial charge is 0.303 e. The van der Waals surface area contributed by atoms with Crippen molar-refractivity contribution in [2.75, 3.05) is 13.1 Å². The Morgan fingerprint density at radius 3 is 2.38 bits per heavy atom. The zero-order valence-corrected chi connectivity index (χ0v) is 9.05. The summed E-state index contributed by atoms with van der Waals surface area (Å²) in [7, 11) is 0. The van der Waals surface area contributed by atoms with Crippen molar-refractivity contribution in [2.45, 2.75) is 34.1 Å². The van der Waals surface area contributed by atoms with Crippen LogP contribution in [0.1, 0.15) is 34.1 Å². The van der Waals surface area contributed by atoms with Crippen molar-refractivity contribution in [2.24, 2.45) is 11.3 Å². The van der Waals surface area contributed by atoms with Gasteiger partial charge in [-0.05, 0) is 17.9 Å². The lowest BCUT2D eigenvalue weighted by Gasteiger charge is -2.23. The number of hydrogen-bond donors (Lipinski definition) is 2. The van der Waals surface area contributed by atoms with E-state index in [4.69, 9.17) is 5.11 Å². The fourth-order valence-corrected chi connectivity index (χ4v) is 1.17. The Bertz CT molecular complexity index is 164. The van der Waals surface area contributed by atoms with Gasteiger partial charge in [0.25, 0.3) is 0 Å². The van der Waals surface area contributed by atoms with Crippen LogP contribution in [0, 0.1) is 11.3 Å². The molecule has 0 aromatic carbocycles. The average Bonchev–Trinajstić information content (AvgIpc) is 1.81. The standard InChI is InChI=1S/C10H21NO2/c1-8(2)6-11-7-10(3,4)5-9(12)13/h8,11H,5-7H2,1-4H3,(H,12,13). The van der Waals surface area contributed by atoms with Crippen LogP contribution >= 0.6 is 0 Å². The first kappa shape index (κ1) is 12.4. The lowest BCUT2D eigenvalue weighted by molar-refractivity contribution is -0.139. The van der Waals surface area contributed by atoms with Crippen LogP contribution in [-0.4, -0.2) is 24.2 Å². The van der Waals surface area contributed by atoms with Crippen LogP contribution in [0.2, 0.25) is 0 Å². The average molecular weight is 187 g/mol. The number of carbonyl (C=O) groups is 1. The number of hydrogen-bond acceptors (Lipinski definition) is 2. The van der Waals surface area contributed by atoms with Gasteiger partial charge < -0.3 is 10.4 Å². The molecular formula is C10H21NO2. The molecule has 0 amide bonds. The van der Waals surface area contributed by atoms with E-state index >= 15 is 0 Å². The number of carboxylic acid groups (broad SMARTS) is 1. The van der Waals surface area contributed by atoms with E-state index in [0.717, 1.165) is 13.1 Å². The highest BCUT2D eigenvalue weighted by Gasteiger charge is 2.20. The highest BCUT2D eigenvalue weighted by Crippen LogP contribution is 2.18. The summed E-state index contributed by atoms with van der Waals surface area (Å²) in [6.45, 7) is 9.91. The SMILES string of the molecule is CC(C)CNCC(C)(C)CC(=O)O. The highest BCUT2D eigenvalue weighted by atomic mass is 16.4. The fraction of sp³-hybridized carbons (Fsp3) is 0.900. The Morgan fingerprint density at radius 1 is 1.46 bits per heavy atom. The second kappa shape index (κ2) is 5.22. The predicted molar refractivity (Wildman–Crippen MR) is 53.7 cm³/mol. The number of carboxylic acids is 1. The maximum atomic E-state index is 10.5. The van der Waals surface area contributed by atoms with Crippen LogP contribution in [0.15, 0.2) is 0 Å². The number of nitrogens with one attached hydrogen (secondary N) is 1. The molecule has 0 bridgehead atoms. The van der Waals surface area contributed by atoms with Gasteiger partial charge in [-0.3, -0.25) is 4.79 Å². The van der Waals surface area contributed by atoms with Gasteiger partial charge in [0, 0.05) is 6.54 Å². The predicted octanol–water partition coefficient (Wildman–Crippen LogP) is 1.73. The quantitative estimate of drug-likeness (QED) is 0.666. The minimum atomic E-state index is -0.726. The number of rotatable bonds is 6. The van der Waals surface area contributed by atoms with Gasteiger partial charge in [-0.2, -0.15) is 0 Å². The van der Waals surface area contributed by atoms with Gasteiger partial charge in [-0.1, -0.05) is 27.7 Å². The van der Waals surface area contributed by atoms with Crippen LogP contribution in [0.4, 0.5) is 0 Å². The zero-order valence-electron chi connectivity index (χ0n) is 9.05. The van der Waals surface area contributed by atoms with Crippen molar-refractivity contribution in [3.63, 3.8) is 0 Å². The molecule has 0 aliphatic carbocycles. The van der Waals surface area contributed by atoms with Crippen LogP contribution < -0.4 is 5.32 Å². The number of aliphatic carboxylic acids is 1. The Kier molecular flexibility index (Phi) is 4.99. The first-order valence-electron chi connectivity index (χ1n) is 4.76. The molecule has 3 nitrogen and oxygen atoms in total. The maximum Gasteiger partial charge on any atom is 0.303 e. The van der Waals surface area contributed by atoms with Gasteiger partial charge >= 0.3 is 5.97 Å². The Balaban J connectivity index is 3.69. The molecular weight excluding hydrogens is 166 g/mol. The molecule has 0 radical (unpaired) electrons. The second-order valence-electron chi connectivity index (χ2n) is 4.76. The summed E-state index contributed by atoms with van der Waals surface area (Å²) < 4.78 is 0. The van der Waals surface area contributed by atoms with Gasteiger partial charge in [0.1, 0.15) is 0 Å². The third-order valence-electron chi connectivity index (χ3n) is 1.79. The van der Waals surface area contributed by atoms with E-state index < -0.39 is 5.97 Å². The van der Waals surface area contributed by atoms with Crippen molar-refractivity contribution >= 4 is 5.97 Å². The molecule has 0 fully saturated rings. The van der Waals surface area contributed by atoms with E-state index in [-0.39, 0.29) is 11.8 Å². The molecule has 0 atom stereocenters. The van der Waals surface area contributed by atoms with Crippen LogP contribution in [0.25, 0.3) is 0 Å². The normalized spacial score (nSPS) is 12.1. The molecule has 0 heterocycles. The first-order chi connectivity index (χ1) is 5.83. The second-order valence-corrected chi connectivity index (χ2v) is 4.76. The lowest BCUT2D eigenvalue weighted by atomic mass is 9.89. The first-order valence-corrected chi connectivity index (χ1v) is 4.76. The van der Waals surface area contributed by atoms with E-state index in [2.05, 4.69) is 19.2 Å².